The molecule has 0 aliphatic rings. The Morgan fingerprint density at radius 1 is 0.769 bits per heavy atom. The van der Waals surface area contributed by atoms with E-state index in [1.54, 1.807) is 51.5 Å². The van der Waals surface area contributed by atoms with Crippen LogP contribution in [-0.2, 0) is 49.3 Å². The van der Waals surface area contributed by atoms with Crippen molar-refractivity contribution in [2.45, 2.75) is 170 Å². The quantitative estimate of drug-likeness (QED) is 0.0954. The molecule has 0 heterocycles. The monoisotopic (exact) mass is 919 g/mol. The summed E-state index contributed by atoms with van der Waals surface area (Å²) in [5.74, 6) is -3.00. The highest BCUT2D eigenvalue weighted by molar-refractivity contribution is 5.90. The number of nitrogens with zero attached hydrogens (tertiary/aromatic N) is 3. The van der Waals surface area contributed by atoms with Crippen LogP contribution in [0.15, 0.2) is 30.3 Å². The van der Waals surface area contributed by atoms with Gasteiger partial charge in [0.05, 0.1) is 49.2 Å². The highest BCUT2D eigenvalue weighted by Gasteiger charge is 2.42. The summed E-state index contributed by atoms with van der Waals surface area (Å²) in [7, 11) is 8.42. The Bertz CT molecular complexity index is 1630. The first-order chi connectivity index (χ1) is 30.3. The van der Waals surface area contributed by atoms with E-state index in [2.05, 4.69) is 16.0 Å². The molecule has 65 heavy (non-hydrogen) atoms. The molecular formula is C49H86N6O10. The van der Waals surface area contributed by atoms with Crippen LogP contribution in [0, 0.1) is 23.7 Å². The molecular weight excluding hydrogens is 833 g/mol. The van der Waals surface area contributed by atoms with E-state index in [9.17, 15) is 28.8 Å². The first-order valence-corrected chi connectivity index (χ1v) is 23.4. The number of methoxy groups -OCH3 is 2. The number of ether oxygens (including phenoxy) is 4. The topological polar surface area (TPSA) is 185 Å². The van der Waals surface area contributed by atoms with Crippen molar-refractivity contribution in [3.63, 3.8) is 0 Å². The largest absolute Gasteiger partial charge is 0.459 e. The fourth-order valence-electron chi connectivity index (χ4n) is 8.40. The Balaban J connectivity index is 3.39. The third-order valence-electron chi connectivity index (χ3n) is 11.9. The summed E-state index contributed by atoms with van der Waals surface area (Å²) in [5, 5.41) is 8.54. The average Bonchev–Trinajstić information content (AvgIpc) is 3.22. The molecule has 0 aromatic heterocycles. The molecule has 5 amide bonds. The van der Waals surface area contributed by atoms with Crippen LogP contribution in [0.2, 0.25) is 0 Å². The molecule has 2 unspecified atom stereocenters. The van der Waals surface area contributed by atoms with Crippen LogP contribution in [0.25, 0.3) is 0 Å². The minimum absolute atomic E-state index is 0.00491. The highest BCUT2D eigenvalue weighted by atomic mass is 16.6. The van der Waals surface area contributed by atoms with Crippen LogP contribution in [0.4, 0.5) is 4.79 Å². The summed E-state index contributed by atoms with van der Waals surface area (Å²) in [6.45, 7) is 24.4. The number of likely N-dealkylation sites (N-methyl/N-ethyl adjacent to an activating group) is 3. The number of rotatable bonds is 27. The van der Waals surface area contributed by atoms with Gasteiger partial charge in [-0.05, 0) is 78.5 Å². The lowest BCUT2D eigenvalue weighted by Gasteiger charge is -2.42. The van der Waals surface area contributed by atoms with Gasteiger partial charge in [-0.25, -0.2) is 9.59 Å². The van der Waals surface area contributed by atoms with Crippen molar-refractivity contribution in [2.75, 3.05) is 48.5 Å². The van der Waals surface area contributed by atoms with E-state index in [1.165, 1.54) is 14.2 Å². The average molecular weight is 919 g/mol. The van der Waals surface area contributed by atoms with Crippen molar-refractivity contribution in [2.24, 2.45) is 23.7 Å². The van der Waals surface area contributed by atoms with Crippen LogP contribution < -0.4 is 16.0 Å². The number of alkyl carbamates (subject to hydrolysis) is 1. The van der Waals surface area contributed by atoms with Gasteiger partial charge in [0.25, 0.3) is 0 Å². The van der Waals surface area contributed by atoms with Crippen molar-refractivity contribution in [3.05, 3.63) is 35.9 Å². The second-order valence-electron chi connectivity index (χ2n) is 19.2. The van der Waals surface area contributed by atoms with E-state index < -0.39 is 78.0 Å². The molecule has 16 heteroatoms. The lowest BCUT2D eigenvalue weighted by molar-refractivity contribution is -0.153. The van der Waals surface area contributed by atoms with E-state index in [0.717, 1.165) is 5.56 Å². The lowest BCUT2D eigenvalue weighted by Crippen LogP contribution is -2.60. The molecule has 10 atom stereocenters. The Morgan fingerprint density at radius 2 is 1.37 bits per heavy atom. The fourth-order valence-corrected chi connectivity index (χ4v) is 8.40. The van der Waals surface area contributed by atoms with Gasteiger partial charge in [-0.2, -0.15) is 0 Å². The molecule has 0 aliphatic carbocycles. The minimum atomic E-state index is -1.08. The zero-order valence-corrected chi connectivity index (χ0v) is 43.0. The summed E-state index contributed by atoms with van der Waals surface area (Å²) < 4.78 is 23.1. The molecule has 16 nitrogen and oxygen atoms in total. The van der Waals surface area contributed by atoms with Gasteiger partial charge in [0, 0.05) is 34.2 Å². The van der Waals surface area contributed by atoms with Gasteiger partial charge in [-0.15, -0.1) is 0 Å². The molecule has 1 aromatic rings. The number of hydrogen-bond donors (Lipinski definition) is 3. The maximum absolute atomic E-state index is 14.5. The van der Waals surface area contributed by atoms with E-state index >= 15 is 0 Å². The number of benzene rings is 1. The number of amides is 5. The fraction of sp³-hybridized carbons (Fsp3) is 0.755. The molecule has 1 aromatic carbocycles. The second kappa shape index (κ2) is 28.0. The number of nitrogens with one attached hydrogen (secondary N) is 3. The molecule has 3 N–H and O–H groups in total. The molecule has 0 bridgehead atoms. The van der Waals surface area contributed by atoms with Crippen LogP contribution >= 0.6 is 0 Å². The number of esters is 1. The van der Waals surface area contributed by atoms with Crippen LogP contribution in [-0.4, -0.2) is 153 Å². The van der Waals surface area contributed by atoms with Gasteiger partial charge >= 0.3 is 12.1 Å². The molecule has 0 saturated carbocycles. The van der Waals surface area contributed by atoms with Gasteiger partial charge in [-0.3, -0.25) is 24.1 Å². The molecule has 0 saturated heterocycles. The van der Waals surface area contributed by atoms with E-state index in [0.29, 0.717) is 19.4 Å². The van der Waals surface area contributed by atoms with Crippen LogP contribution in [0.3, 0.4) is 0 Å². The Labute approximate surface area is 390 Å². The normalized spacial score (nSPS) is 16.5. The highest BCUT2D eigenvalue weighted by Crippen LogP contribution is 2.27. The van der Waals surface area contributed by atoms with Gasteiger partial charge in [0.1, 0.15) is 23.8 Å². The second-order valence-corrected chi connectivity index (χ2v) is 19.2. The van der Waals surface area contributed by atoms with Crippen molar-refractivity contribution >= 4 is 35.7 Å². The van der Waals surface area contributed by atoms with E-state index in [-0.39, 0.29) is 54.9 Å². The Kier molecular flexibility index (Phi) is 25.3. The van der Waals surface area contributed by atoms with Crippen LogP contribution in [0.1, 0.15) is 115 Å². The van der Waals surface area contributed by atoms with Crippen molar-refractivity contribution in [1.29, 1.82) is 0 Å². The smallest absolute Gasteiger partial charge is 0.407 e. The summed E-state index contributed by atoms with van der Waals surface area (Å²) >= 11 is 0. The van der Waals surface area contributed by atoms with Gasteiger partial charge in [-0.1, -0.05) is 92.1 Å². The minimum Gasteiger partial charge on any atom is -0.459 e. The zero-order valence-electron chi connectivity index (χ0n) is 43.0. The first-order valence-electron chi connectivity index (χ1n) is 23.4. The van der Waals surface area contributed by atoms with Gasteiger partial charge in [0.2, 0.25) is 23.6 Å². The summed E-state index contributed by atoms with van der Waals surface area (Å²) in [4.78, 5) is 87.7. The van der Waals surface area contributed by atoms with Gasteiger partial charge in [0.15, 0.2) is 0 Å². The maximum Gasteiger partial charge on any atom is 0.407 e. The maximum atomic E-state index is 14.5. The number of carbonyl (C=O) groups excluding carboxylic acids is 6. The molecule has 0 spiro atoms. The molecule has 0 radical (unpaired) electrons. The first kappa shape index (κ1) is 58.7. The van der Waals surface area contributed by atoms with Crippen molar-refractivity contribution in [3.8, 4) is 0 Å². The summed E-state index contributed by atoms with van der Waals surface area (Å²) in [5.41, 5.74) is 0.0955. The third-order valence-corrected chi connectivity index (χ3v) is 11.9. The lowest BCUT2D eigenvalue weighted by atomic mass is 9.89. The molecule has 372 valence electrons. The van der Waals surface area contributed by atoms with Gasteiger partial charge < -0.3 is 44.7 Å². The van der Waals surface area contributed by atoms with Crippen molar-refractivity contribution in [1.82, 2.24) is 30.7 Å². The molecule has 0 aliphatic heterocycles. The summed E-state index contributed by atoms with van der Waals surface area (Å²) in [6.07, 6.45) is -1.66. The van der Waals surface area contributed by atoms with E-state index in [4.69, 9.17) is 18.9 Å². The zero-order chi connectivity index (χ0) is 49.9. The summed E-state index contributed by atoms with van der Waals surface area (Å²) in [6, 6.07) is 5.84. The number of hydrogen-bond acceptors (Lipinski definition) is 11. The third kappa shape index (κ3) is 18.5. The predicted octanol–water partition coefficient (Wildman–Crippen LogP) is 5.45. The standard InChI is InChI=1S/C49H86N6O10/c1-19-32(8)42(54(16)46(59)40(30(4)5)52-45(58)41(31(6)7)53(14)15)38(62-17)28-39(56)55(21-3)37(20-2)43(63-18)34(10)44(57)51-36(27-35-25-23-22-24-26-35)47(60)64-33(9)29-50-48(61)65-49(11,12)13/h22-26,30-34,36-38,40-43H,19-21,27-29H2,1-18H3,(H,50,61)(H,51,57)(H,52,58)/t32-,33?,34+,36?,37-,38+,40-,41-,42-,43+/m0/s1. The molecule has 1 rings (SSSR count). The van der Waals surface area contributed by atoms with E-state index in [1.807, 2.05) is 105 Å². The SMILES string of the molecule is CC[C@H](C)[C@@H]([C@@H](CC(=O)N(CC)[C@@H](CC)[C@H](OC)[C@@H](C)C(=O)NC(Cc1ccccc1)C(=O)OC(C)CNC(=O)OC(C)(C)C)OC)N(C)C(=O)[C@@H](NC(=O)[C@H](C(C)C)N(C)C)C(C)C. The predicted molar refractivity (Wildman–Crippen MR) is 254 cm³/mol. The Hall–Kier alpha value is -4.28. The Morgan fingerprint density at radius 3 is 1.83 bits per heavy atom. The molecule has 0 fully saturated rings. The number of carbonyl (C=O) groups is 6. The van der Waals surface area contributed by atoms with Crippen molar-refractivity contribution < 1.29 is 47.7 Å². The van der Waals surface area contributed by atoms with Crippen LogP contribution in [0.5, 0.6) is 0 Å².